The van der Waals surface area contributed by atoms with Gasteiger partial charge >= 0.3 is 0 Å². The molecule has 20 heavy (non-hydrogen) atoms. The fraction of sp³-hybridized carbons (Fsp3) is 0.545. The quantitative estimate of drug-likeness (QED) is 0.882. The highest BCUT2D eigenvalue weighted by Crippen LogP contribution is 2.20. The minimum absolute atomic E-state index is 0.127. The molecule has 0 aromatic carbocycles. The summed E-state index contributed by atoms with van der Waals surface area (Å²) in [6.07, 6.45) is 0.489. The van der Waals surface area contributed by atoms with Gasteiger partial charge in [-0.1, -0.05) is 11.4 Å². The zero-order valence-corrected chi connectivity index (χ0v) is 11.8. The van der Waals surface area contributed by atoms with Crippen LogP contribution in [0.25, 0.3) is 0 Å². The summed E-state index contributed by atoms with van der Waals surface area (Å²) >= 11 is 1.17. The van der Waals surface area contributed by atoms with Gasteiger partial charge in [0.25, 0.3) is 5.91 Å². The van der Waals surface area contributed by atoms with Crippen molar-refractivity contribution >= 4 is 17.4 Å². The molecule has 0 spiro atoms. The highest BCUT2D eigenvalue weighted by molar-refractivity contribution is 7.03. The van der Waals surface area contributed by atoms with Crippen molar-refractivity contribution in [3.8, 4) is 0 Å². The molecule has 1 N–H and O–H groups in total. The lowest BCUT2D eigenvalue weighted by atomic mass is 10.2. The van der Waals surface area contributed by atoms with Crippen LogP contribution in [0, 0.1) is 0 Å². The maximum absolute atomic E-state index is 12.2. The molecule has 3 heterocycles. The van der Waals surface area contributed by atoms with Crippen LogP contribution in [0.4, 0.5) is 0 Å². The predicted octanol–water partition coefficient (Wildman–Crippen LogP) is 0.432. The summed E-state index contributed by atoms with van der Waals surface area (Å²) in [4.78, 5) is 18.3. The number of carbonyl (C=O) groups excluding carboxylic acids is 1. The Kier molecular flexibility index (Phi) is 3.70. The Labute approximate surface area is 119 Å². The zero-order valence-electron chi connectivity index (χ0n) is 10.9. The van der Waals surface area contributed by atoms with E-state index in [0.717, 1.165) is 12.2 Å². The van der Waals surface area contributed by atoms with Crippen molar-refractivity contribution in [1.82, 2.24) is 29.7 Å². The van der Waals surface area contributed by atoms with E-state index in [9.17, 15) is 4.79 Å². The fourth-order valence-corrected chi connectivity index (χ4v) is 2.45. The fourth-order valence-electron chi connectivity index (χ4n) is 2.02. The second-order valence-corrected chi connectivity index (χ2v) is 5.00. The van der Waals surface area contributed by atoms with Gasteiger partial charge in [0, 0.05) is 18.3 Å². The third kappa shape index (κ3) is 2.54. The summed E-state index contributed by atoms with van der Waals surface area (Å²) in [5.41, 5.74) is 0.375. The number of amides is 1. The van der Waals surface area contributed by atoms with Gasteiger partial charge in [0.05, 0.1) is 13.2 Å². The van der Waals surface area contributed by atoms with E-state index < -0.39 is 0 Å². The SMILES string of the molecule is CCc1nc([C@H]2CN(C(=O)c3csnn3)CCO2)n[nH]1. The van der Waals surface area contributed by atoms with Crippen molar-refractivity contribution in [3.05, 3.63) is 22.7 Å². The molecule has 0 aliphatic carbocycles. The highest BCUT2D eigenvalue weighted by atomic mass is 32.1. The van der Waals surface area contributed by atoms with Gasteiger partial charge in [-0.25, -0.2) is 4.98 Å². The van der Waals surface area contributed by atoms with Gasteiger partial charge in [0.1, 0.15) is 11.9 Å². The number of hydrogen-bond donors (Lipinski definition) is 1. The molecule has 1 amide bonds. The van der Waals surface area contributed by atoms with Crippen LogP contribution in [0.3, 0.4) is 0 Å². The second kappa shape index (κ2) is 5.63. The van der Waals surface area contributed by atoms with Gasteiger partial charge < -0.3 is 9.64 Å². The lowest BCUT2D eigenvalue weighted by Crippen LogP contribution is -2.42. The molecule has 1 saturated heterocycles. The lowest BCUT2D eigenvalue weighted by molar-refractivity contribution is -0.0268. The van der Waals surface area contributed by atoms with Gasteiger partial charge in [-0.3, -0.25) is 9.89 Å². The van der Waals surface area contributed by atoms with E-state index in [1.807, 2.05) is 6.92 Å². The topological polar surface area (TPSA) is 96.9 Å². The molecule has 9 heteroatoms. The van der Waals surface area contributed by atoms with E-state index in [4.69, 9.17) is 4.74 Å². The molecule has 0 saturated carbocycles. The van der Waals surface area contributed by atoms with Crippen molar-refractivity contribution in [2.24, 2.45) is 0 Å². The molecule has 1 aliphatic rings. The van der Waals surface area contributed by atoms with Crippen molar-refractivity contribution in [3.63, 3.8) is 0 Å². The Morgan fingerprint density at radius 2 is 2.55 bits per heavy atom. The van der Waals surface area contributed by atoms with E-state index in [1.54, 1.807) is 10.3 Å². The third-order valence-corrected chi connectivity index (χ3v) is 3.61. The van der Waals surface area contributed by atoms with E-state index in [0.29, 0.717) is 31.2 Å². The first-order valence-electron chi connectivity index (χ1n) is 6.37. The number of rotatable bonds is 3. The van der Waals surface area contributed by atoms with E-state index in [-0.39, 0.29) is 12.0 Å². The number of ether oxygens (including phenoxy) is 1. The average molecular weight is 294 g/mol. The summed E-state index contributed by atoms with van der Waals surface area (Å²) in [6, 6.07) is 0. The number of nitrogens with one attached hydrogen (secondary N) is 1. The highest BCUT2D eigenvalue weighted by Gasteiger charge is 2.29. The molecule has 1 fully saturated rings. The van der Waals surface area contributed by atoms with Gasteiger partial charge in [-0.05, 0) is 11.5 Å². The number of aromatic nitrogens is 5. The Morgan fingerprint density at radius 3 is 3.25 bits per heavy atom. The first kappa shape index (κ1) is 13.1. The van der Waals surface area contributed by atoms with Crippen molar-refractivity contribution in [2.45, 2.75) is 19.4 Å². The second-order valence-electron chi connectivity index (χ2n) is 4.39. The molecule has 2 aromatic rings. The zero-order chi connectivity index (χ0) is 13.9. The minimum atomic E-state index is -0.296. The van der Waals surface area contributed by atoms with E-state index in [1.165, 1.54) is 11.5 Å². The molecule has 1 aliphatic heterocycles. The number of aryl methyl sites for hydroxylation is 1. The minimum Gasteiger partial charge on any atom is -0.366 e. The standard InChI is InChI=1S/C11H14N6O2S/c1-2-9-12-10(15-14-9)8-5-17(3-4-19-8)11(18)7-6-20-16-13-7/h6,8H,2-5H2,1H3,(H,12,14,15)/t8-/m1/s1. The van der Waals surface area contributed by atoms with E-state index in [2.05, 4.69) is 24.8 Å². The number of carbonyl (C=O) groups is 1. The Balaban J connectivity index is 1.71. The van der Waals surface area contributed by atoms with Crippen LogP contribution in [0.2, 0.25) is 0 Å². The van der Waals surface area contributed by atoms with Crippen LogP contribution < -0.4 is 0 Å². The van der Waals surface area contributed by atoms with Crippen molar-refractivity contribution in [1.29, 1.82) is 0 Å². The molecule has 8 nitrogen and oxygen atoms in total. The summed E-state index contributed by atoms with van der Waals surface area (Å²) in [6.45, 7) is 3.43. The number of nitrogens with zero attached hydrogens (tertiary/aromatic N) is 5. The molecule has 106 valence electrons. The number of H-pyrrole nitrogens is 1. The number of hydrogen-bond acceptors (Lipinski definition) is 7. The molecule has 3 rings (SSSR count). The molecule has 2 aromatic heterocycles. The van der Waals surface area contributed by atoms with Crippen LogP contribution in [-0.4, -0.2) is 55.3 Å². The number of aromatic amines is 1. The van der Waals surface area contributed by atoms with Crippen molar-refractivity contribution < 1.29 is 9.53 Å². The van der Waals surface area contributed by atoms with Gasteiger partial charge in [0.15, 0.2) is 11.5 Å². The maximum Gasteiger partial charge on any atom is 0.275 e. The summed E-state index contributed by atoms with van der Waals surface area (Å²) < 4.78 is 9.36. The van der Waals surface area contributed by atoms with Crippen LogP contribution in [0.5, 0.6) is 0 Å². The Hall–Kier alpha value is -1.87. The molecular weight excluding hydrogens is 280 g/mol. The van der Waals surface area contributed by atoms with Crippen molar-refractivity contribution in [2.75, 3.05) is 19.7 Å². The summed E-state index contributed by atoms with van der Waals surface area (Å²) in [5, 5.41) is 12.5. The lowest BCUT2D eigenvalue weighted by Gasteiger charge is -2.31. The molecule has 0 bridgehead atoms. The summed E-state index contributed by atoms with van der Waals surface area (Å²) in [5.74, 6) is 1.28. The van der Waals surface area contributed by atoms with Crippen LogP contribution in [-0.2, 0) is 11.2 Å². The van der Waals surface area contributed by atoms with Gasteiger partial charge in [-0.2, -0.15) is 5.10 Å². The summed E-state index contributed by atoms with van der Waals surface area (Å²) in [7, 11) is 0. The predicted molar refractivity (Wildman–Crippen MR) is 70.3 cm³/mol. The van der Waals surface area contributed by atoms with Crippen LogP contribution >= 0.6 is 11.5 Å². The number of morpholine rings is 1. The smallest absolute Gasteiger partial charge is 0.275 e. The van der Waals surface area contributed by atoms with Crippen LogP contribution in [0.1, 0.15) is 35.2 Å². The first-order valence-corrected chi connectivity index (χ1v) is 7.20. The van der Waals surface area contributed by atoms with Gasteiger partial charge in [0.2, 0.25) is 0 Å². The average Bonchev–Trinajstić information content (AvgIpc) is 3.17. The van der Waals surface area contributed by atoms with E-state index >= 15 is 0 Å². The molecule has 1 atom stereocenters. The normalized spacial score (nSPS) is 19.2. The first-order chi connectivity index (χ1) is 9.78. The van der Waals surface area contributed by atoms with Crippen LogP contribution in [0.15, 0.2) is 5.38 Å². The molecule has 0 radical (unpaired) electrons. The Morgan fingerprint density at radius 1 is 1.65 bits per heavy atom. The third-order valence-electron chi connectivity index (χ3n) is 3.10. The monoisotopic (exact) mass is 294 g/mol. The van der Waals surface area contributed by atoms with Gasteiger partial charge in [-0.15, -0.1) is 5.10 Å². The maximum atomic E-state index is 12.2. The largest absolute Gasteiger partial charge is 0.366 e. The molecule has 0 unspecified atom stereocenters. The Bertz CT molecular complexity index is 584. The molecular formula is C11H14N6O2S.